The molecule has 0 saturated heterocycles. The monoisotopic (exact) mass is 456 g/mol. The highest BCUT2D eigenvalue weighted by Crippen LogP contribution is 2.04. The predicted octanol–water partition coefficient (Wildman–Crippen LogP) is -2.92. The number of carbonyl (C=O) groups is 5. The predicted molar refractivity (Wildman–Crippen MR) is 108 cm³/mol. The Labute approximate surface area is 183 Å². The van der Waals surface area contributed by atoms with Crippen LogP contribution in [0.2, 0.25) is 0 Å². The van der Waals surface area contributed by atoms with Crippen LogP contribution in [0.3, 0.4) is 0 Å². The number of nitrogens with zero attached hydrogens (tertiary/aromatic N) is 1. The molecule has 1 aromatic rings. The van der Waals surface area contributed by atoms with E-state index in [1.165, 1.54) is 26.4 Å². The molecule has 0 aliphatic heterocycles. The SMILES string of the molecule is CC(NC(=O)C(CCC(=O)O)NC(=O)C(NC(=O)C(N)Cc1cnc[nH]1)C(C)O)C(=O)O. The largest absolute Gasteiger partial charge is 0.481 e. The van der Waals surface area contributed by atoms with E-state index in [-0.39, 0.29) is 12.8 Å². The number of H-pyrrole nitrogens is 1. The molecular formula is C18H28N6O8. The van der Waals surface area contributed by atoms with Gasteiger partial charge in [-0.1, -0.05) is 0 Å². The quantitative estimate of drug-likeness (QED) is 0.150. The molecule has 1 aromatic heterocycles. The molecule has 0 fully saturated rings. The topological polar surface area (TPSA) is 237 Å². The van der Waals surface area contributed by atoms with Crippen LogP contribution in [-0.2, 0) is 30.4 Å². The molecule has 1 rings (SSSR count). The van der Waals surface area contributed by atoms with Crippen LogP contribution in [0.1, 0.15) is 32.4 Å². The minimum absolute atomic E-state index is 0.0801. The first-order valence-electron chi connectivity index (χ1n) is 9.69. The van der Waals surface area contributed by atoms with Gasteiger partial charge in [-0.15, -0.1) is 0 Å². The van der Waals surface area contributed by atoms with Gasteiger partial charge in [0.25, 0.3) is 0 Å². The lowest BCUT2D eigenvalue weighted by molar-refractivity contribution is -0.142. The highest BCUT2D eigenvalue weighted by Gasteiger charge is 2.32. The molecule has 3 amide bonds. The molecule has 9 N–H and O–H groups in total. The van der Waals surface area contributed by atoms with Crippen molar-refractivity contribution < 1.29 is 39.3 Å². The number of imidazole rings is 1. The number of aliphatic hydroxyl groups excluding tert-OH is 1. The van der Waals surface area contributed by atoms with Gasteiger partial charge >= 0.3 is 11.9 Å². The standard InChI is InChI=1S/C18H28N6O8/c1-8(18(31)32)22-16(29)12(3-4-13(26)27)23-17(30)14(9(2)25)24-15(28)11(19)5-10-6-20-7-21-10/h6-9,11-12,14,25H,3-5,19H2,1-2H3,(H,20,21)(H,22,29)(H,23,30)(H,24,28)(H,26,27)(H,31,32). The fourth-order valence-electron chi connectivity index (χ4n) is 2.57. The third-order valence-corrected chi connectivity index (χ3v) is 4.40. The molecule has 14 nitrogen and oxygen atoms in total. The van der Waals surface area contributed by atoms with Crippen molar-refractivity contribution in [1.29, 1.82) is 0 Å². The summed E-state index contributed by atoms with van der Waals surface area (Å²) in [6, 6.07) is -5.30. The maximum absolute atomic E-state index is 12.7. The fraction of sp³-hybridized carbons (Fsp3) is 0.556. The molecule has 0 aliphatic carbocycles. The third kappa shape index (κ3) is 8.69. The summed E-state index contributed by atoms with van der Waals surface area (Å²) >= 11 is 0. The number of aromatic nitrogens is 2. The van der Waals surface area contributed by atoms with Crippen LogP contribution in [0.5, 0.6) is 0 Å². The van der Waals surface area contributed by atoms with Crippen LogP contribution in [0, 0.1) is 0 Å². The second-order valence-electron chi connectivity index (χ2n) is 7.18. The van der Waals surface area contributed by atoms with Crippen molar-refractivity contribution in [2.45, 2.75) is 63.4 Å². The Morgan fingerprint density at radius 3 is 2.22 bits per heavy atom. The first-order valence-corrected chi connectivity index (χ1v) is 9.69. The first kappa shape index (κ1) is 26.5. The maximum Gasteiger partial charge on any atom is 0.325 e. The smallest absolute Gasteiger partial charge is 0.325 e. The Hall–Kier alpha value is -3.52. The van der Waals surface area contributed by atoms with E-state index >= 15 is 0 Å². The van der Waals surface area contributed by atoms with Crippen LogP contribution in [0.25, 0.3) is 0 Å². The van der Waals surface area contributed by atoms with Crippen molar-refractivity contribution in [2.24, 2.45) is 5.73 Å². The molecule has 1 heterocycles. The molecular weight excluding hydrogens is 428 g/mol. The molecule has 14 heteroatoms. The van der Waals surface area contributed by atoms with Gasteiger partial charge in [-0.3, -0.25) is 24.0 Å². The van der Waals surface area contributed by atoms with Crippen molar-refractivity contribution in [3.8, 4) is 0 Å². The number of nitrogens with one attached hydrogen (secondary N) is 4. The second-order valence-corrected chi connectivity index (χ2v) is 7.18. The van der Waals surface area contributed by atoms with Crippen LogP contribution >= 0.6 is 0 Å². The first-order chi connectivity index (χ1) is 14.9. The van der Waals surface area contributed by atoms with Crippen molar-refractivity contribution in [3.05, 3.63) is 18.2 Å². The summed E-state index contributed by atoms with van der Waals surface area (Å²) in [4.78, 5) is 65.8. The van der Waals surface area contributed by atoms with Gasteiger partial charge in [-0.05, 0) is 20.3 Å². The summed E-state index contributed by atoms with van der Waals surface area (Å²) in [5.41, 5.74) is 6.39. The summed E-state index contributed by atoms with van der Waals surface area (Å²) in [7, 11) is 0. The summed E-state index contributed by atoms with van der Waals surface area (Å²) in [6.07, 6.45) is 0.713. The molecule has 0 aromatic carbocycles. The zero-order valence-corrected chi connectivity index (χ0v) is 17.6. The minimum Gasteiger partial charge on any atom is -0.481 e. The number of carbonyl (C=O) groups excluding carboxylic acids is 3. The third-order valence-electron chi connectivity index (χ3n) is 4.40. The lowest BCUT2D eigenvalue weighted by Gasteiger charge is -2.26. The van der Waals surface area contributed by atoms with Gasteiger partial charge in [0.05, 0.1) is 18.5 Å². The van der Waals surface area contributed by atoms with Crippen LogP contribution in [0.4, 0.5) is 0 Å². The Morgan fingerprint density at radius 1 is 1.06 bits per heavy atom. The molecule has 178 valence electrons. The second kappa shape index (κ2) is 12.4. The number of hydrogen-bond donors (Lipinski definition) is 8. The van der Waals surface area contributed by atoms with Gasteiger partial charge in [0, 0.05) is 24.7 Å². The lowest BCUT2D eigenvalue weighted by Crippen LogP contribution is -2.59. The highest BCUT2D eigenvalue weighted by atomic mass is 16.4. The summed E-state index contributed by atoms with van der Waals surface area (Å²) in [5, 5.41) is 34.4. The van der Waals surface area contributed by atoms with Gasteiger partial charge in [0.2, 0.25) is 17.7 Å². The zero-order chi connectivity index (χ0) is 24.4. The number of hydrogen-bond acceptors (Lipinski definition) is 8. The van der Waals surface area contributed by atoms with E-state index in [0.29, 0.717) is 5.69 Å². The van der Waals surface area contributed by atoms with E-state index in [2.05, 4.69) is 25.9 Å². The molecule has 32 heavy (non-hydrogen) atoms. The Kier molecular flexibility index (Phi) is 10.2. The minimum atomic E-state index is -1.51. The van der Waals surface area contributed by atoms with Crippen molar-refractivity contribution >= 4 is 29.7 Å². The molecule has 0 spiro atoms. The molecule has 0 bridgehead atoms. The lowest BCUT2D eigenvalue weighted by atomic mass is 10.1. The van der Waals surface area contributed by atoms with E-state index in [0.717, 1.165) is 0 Å². The fourth-order valence-corrected chi connectivity index (χ4v) is 2.57. The number of amides is 3. The van der Waals surface area contributed by atoms with Gasteiger partial charge in [0.1, 0.15) is 18.1 Å². The van der Waals surface area contributed by atoms with Crippen molar-refractivity contribution in [3.63, 3.8) is 0 Å². The van der Waals surface area contributed by atoms with E-state index < -0.39 is 66.4 Å². The van der Waals surface area contributed by atoms with Crippen LogP contribution < -0.4 is 21.7 Å². The van der Waals surface area contributed by atoms with E-state index in [1.807, 2.05) is 0 Å². The average Bonchev–Trinajstić information content (AvgIpc) is 3.21. The number of aliphatic hydroxyl groups is 1. The number of aromatic amines is 1. The van der Waals surface area contributed by atoms with E-state index in [9.17, 15) is 29.1 Å². The number of rotatable bonds is 13. The van der Waals surface area contributed by atoms with Gasteiger partial charge in [0.15, 0.2) is 0 Å². The van der Waals surface area contributed by atoms with Gasteiger partial charge in [-0.2, -0.15) is 0 Å². The zero-order valence-electron chi connectivity index (χ0n) is 17.6. The molecule has 0 radical (unpaired) electrons. The summed E-state index contributed by atoms with van der Waals surface area (Å²) < 4.78 is 0. The number of nitrogens with two attached hydrogens (primary N) is 1. The Balaban J connectivity index is 2.86. The Morgan fingerprint density at radius 2 is 1.72 bits per heavy atom. The molecule has 5 atom stereocenters. The van der Waals surface area contributed by atoms with Crippen molar-refractivity contribution in [2.75, 3.05) is 0 Å². The van der Waals surface area contributed by atoms with Crippen molar-refractivity contribution in [1.82, 2.24) is 25.9 Å². The number of carboxylic acids is 2. The summed E-state index contributed by atoms with van der Waals surface area (Å²) in [5.74, 6) is -5.24. The molecule has 5 unspecified atom stereocenters. The van der Waals surface area contributed by atoms with Gasteiger partial charge in [-0.25, -0.2) is 4.98 Å². The Bertz CT molecular complexity index is 812. The highest BCUT2D eigenvalue weighted by molar-refractivity contribution is 5.94. The molecule has 0 aliphatic rings. The van der Waals surface area contributed by atoms with E-state index in [4.69, 9.17) is 15.9 Å². The number of aliphatic carboxylic acids is 2. The maximum atomic E-state index is 12.7. The van der Waals surface area contributed by atoms with Gasteiger partial charge < -0.3 is 42.0 Å². The molecule has 0 saturated carbocycles. The van der Waals surface area contributed by atoms with Crippen LogP contribution in [-0.4, -0.2) is 85.2 Å². The average molecular weight is 456 g/mol. The summed E-state index contributed by atoms with van der Waals surface area (Å²) in [6.45, 7) is 2.42. The van der Waals surface area contributed by atoms with E-state index in [1.54, 1.807) is 0 Å². The van der Waals surface area contributed by atoms with Crippen LogP contribution in [0.15, 0.2) is 12.5 Å². The normalized spacial score (nSPS) is 15.5. The number of carboxylic acid groups (broad SMARTS) is 2.